The molecule has 0 unspecified atom stereocenters. The molecule has 14 heavy (non-hydrogen) atoms. The Hall–Kier alpha value is -0.590. The van der Waals surface area contributed by atoms with Gasteiger partial charge in [0.05, 0.1) is 12.2 Å². The average Bonchev–Trinajstić information content (AvgIpc) is 2.71. The van der Waals surface area contributed by atoms with E-state index < -0.39 is 5.97 Å². The lowest BCUT2D eigenvalue weighted by Crippen LogP contribution is -2.09. The third-order valence-electron chi connectivity index (χ3n) is 2.64. The molecule has 0 spiro atoms. The highest BCUT2D eigenvalue weighted by Crippen LogP contribution is 2.31. The molecule has 0 aliphatic heterocycles. The third-order valence-corrected chi connectivity index (χ3v) is 3.71. The van der Waals surface area contributed by atoms with Crippen LogP contribution in [0.2, 0.25) is 0 Å². The summed E-state index contributed by atoms with van der Waals surface area (Å²) in [6.45, 7) is 0. The zero-order valence-corrected chi connectivity index (χ0v) is 9.77. The summed E-state index contributed by atoms with van der Waals surface area (Å²) in [6, 6.07) is 0.412. The number of halogens is 1. The standard InChI is InChI=1S/C9H11IN2O2/c10-8-7(9(13)14)5-11-12(8)6-3-1-2-4-6/h5-6H,1-4H2,(H,13,14). The first kappa shape index (κ1) is 9.95. The van der Waals surface area contributed by atoms with Gasteiger partial charge in [-0.3, -0.25) is 4.68 Å². The van der Waals surface area contributed by atoms with Gasteiger partial charge in [-0.25, -0.2) is 4.79 Å². The molecule has 0 radical (unpaired) electrons. The monoisotopic (exact) mass is 306 g/mol. The van der Waals surface area contributed by atoms with Gasteiger partial charge in [0.2, 0.25) is 0 Å². The Bertz CT molecular complexity index is 356. The smallest absolute Gasteiger partial charge is 0.340 e. The van der Waals surface area contributed by atoms with E-state index in [4.69, 9.17) is 5.11 Å². The summed E-state index contributed by atoms with van der Waals surface area (Å²) in [5.41, 5.74) is 0.317. The van der Waals surface area contributed by atoms with E-state index in [1.54, 1.807) is 0 Å². The molecular weight excluding hydrogens is 295 g/mol. The predicted molar refractivity (Wildman–Crippen MR) is 59.4 cm³/mol. The molecule has 0 bridgehead atoms. The van der Waals surface area contributed by atoms with Crippen LogP contribution in [0.1, 0.15) is 42.1 Å². The molecule has 4 nitrogen and oxygen atoms in total. The SMILES string of the molecule is O=C(O)c1cnn(C2CCCC2)c1I. The van der Waals surface area contributed by atoms with Crippen molar-refractivity contribution in [1.82, 2.24) is 9.78 Å². The second-order valence-corrected chi connectivity index (χ2v) is 4.56. The second-order valence-electron chi connectivity index (χ2n) is 3.54. The molecule has 0 saturated heterocycles. The number of carboxylic acid groups (broad SMARTS) is 1. The average molecular weight is 306 g/mol. The van der Waals surface area contributed by atoms with Crippen LogP contribution < -0.4 is 0 Å². The summed E-state index contributed by atoms with van der Waals surface area (Å²) < 4.78 is 2.61. The number of aromatic carboxylic acids is 1. The zero-order chi connectivity index (χ0) is 10.1. The molecule has 0 atom stereocenters. The molecular formula is C9H11IN2O2. The molecule has 76 valence electrons. The van der Waals surface area contributed by atoms with Crippen molar-refractivity contribution < 1.29 is 9.90 Å². The van der Waals surface area contributed by atoms with Crippen LogP contribution in [0.3, 0.4) is 0 Å². The molecule has 1 aromatic rings. The molecule has 2 rings (SSSR count). The van der Waals surface area contributed by atoms with Crippen molar-refractivity contribution >= 4 is 28.6 Å². The van der Waals surface area contributed by atoms with E-state index >= 15 is 0 Å². The Morgan fingerprint density at radius 2 is 2.21 bits per heavy atom. The van der Waals surface area contributed by atoms with Crippen LogP contribution in [-0.4, -0.2) is 20.9 Å². The summed E-state index contributed by atoms with van der Waals surface area (Å²) in [5.74, 6) is -0.890. The Morgan fingerprint density at radius 1 is 1.57 bits per heavy atom. The molecule has 5 heteroatoms. The lowest BCUT2D eigenvalue weighted by Gasteiger charge is -2.10. The highest BCUT2D eigenvalue weighted by Gasteiger charge is 2.22. The van der Waals surface area contributed by atoms with Crippen molar-refractivity contribution in [2.45, 2.75) is 31.7 Å². The van der Waals surface area contributed by atoms with Crippen LogP contribution in [0, 0.1) is 3.70 Å². The van der Waals surface area contributed by atoms with Crippen LogP contribution in [0.25, 0.3) is 0 Å². The van der Waals surface area contributed by atoms with Gasteiger partial charge in [-0.05, 0) is 35.4 Å². The van der Waals surface area contributed by atoms with Crippen molar-refractivity contribution in [3.05, 3.63) is 15.5 Å². The number of carbonyl (C=O) groups is 1. The summed E-state index contributed by atoms with van der Waals surface area (Å²) >= 11 is 2.06. The molecule has 0 aromatic carbocycles. The fraction of sp³-hybridized carbons (Fsp3) is 0.556. The van der Waals surface area contributed by atoms with Crippen molar-refractivity contribution in [2.24, 2.45) is 0 Å². The zero-order valence-electron chi connectivity index (χ0n) is 7.61. The maximum Gasteiger partial charge on any atom is 0.340 e. The Balaban J connectivity index is 2.30. The summed E-state index contributed by atoms with van der Waals surface area (Å²) in [5, 5.41) is 13.0. The van der Waals surface area contributed by atoms with Gasteiger partial charge in [0, 0.05) is 0 Å². The van der Waals surface area contributed by atoms with E-state index in [1.165, 1.54) is 19.0 Å². The Kier molecular flexibility index (Phi) is 2.76. The van der Waals surface area contributed by atoms with E-state index in [0.717, 1.165) is 16.5 Å². The van der Waals surface area contributed by atoms with Gasteiger partial charge in [-0.15, -0.1) is 0 Å². The minimum absolute atomic E-state index is 0.317. The molecule has 1 aromatic heterocycles. The number of aromatic nitrogens is 2. The quantitative estimate of drug-likeness (QED) is 0.853. The number of nitrogens with zero attached hydrogens (tertiary/aromatic N) is 2. The van der Waals surface area contributed by atoms with Crippen molar-refractivity contribution in [1.29, 1.82) is 0 Å². The fourth-order valence-corrected chi connectivity index (χ4v) is 2.78. The summed E-state index contributed by atoms with van der Waals surface area (Å²) in [7, 11) is 0. The fourth-order valence-electron chi connectivity index (χ4n) is 1.89. The Morgan fingerprint density at radius 3 is 2.71 bits per heavy atom. The van der Waals surface area contributed by atoms with E-state index in [2.05, 4.69) is 27.7 Å². The van der Waals surface area contributed by atoms with Crippen LogP contribution in [-0.2, 0) is 0 Å². The van der Waals surface area contributed by atoms with E-state index in [-0.39, 0.29) is 0 Å². The maximum atomic E-state index is 10.8. The van der Waals surface area contributed by atoms with Crippen molar-refractivity contribution in [3.8, 4) is 0 Å². The predicted octanol–water partition coefficient (Wildman–Crippen LogP) is 2.30. The van der Waals surface area contributed by atoms with Gasteiger partial charge < -0.3 is 5.11 Å². The van der Waals surface area contributed by atoms with Gasteiger partial charge in [-0.2, -0.15) is 5.10 Å². The van der Waals surface area contributed by atoms with Gasteiger partial charge in [0.1, 0.15) is 9.26 Å². The number of carboxylic acids is 1. The summed E-state index contributed by atoms with van der Waals surface area (Å²) in [6.07, 6.45) is 6.14. The molecule has 1 saturated carbocycles. The van der Waals surface area contributed by atoms with E-state index in [1.807, 2.05) is 4.68 Å². The lowest BCUT2D eigenvalue weighted by atomic mass is 10.2. The minimum Gasteiger partial charge on any atom is -0.478 e. The molecule has 1 fully saturated rings. The van der Waals surface area contributed by atoms with Crippen LogP contribution in [0.4, 0.5) is 0 Å². The maximum absolute atomic E-state index is 10.8. The van der Waals surface area contributed by atoms with Gasteiger partial charge in [-0.1, -0.05) is 12.8 Å². The number of rotatable bonds is 2. The molecule has 1 aliphatic carbocycles. The highest BCUT2D eigenvalue weighted by atomic mass is 127. The number of hydrogen-bond acceptors (Lipinski definition) is 2. The third kappa shape index (κ3) is 1.65. The summed E-state index contributed by atoms with van der Waals surface area (Å²) in [4.78, 5) is 10.8. The molecule has 1 heterocycles. The van der Waals surface area contributed by atoms with Gasteiger partial charge in [0.25, 0.3) is 0 Å². The van der Waals surface area contributed by atoms with Gasteiger partial charge in [0.15, 0.2) is 0 Å². The molecule has 1 aliphatic rings. The first-order valence-corrected chi connectivity index (χ1v) is 5.74. The van der Waals surface area contributed by atoms with Crippen molar-refractivity contribution in [2.75, 3.05) is 0 Å². The first-order valence-electron chi connectivity index (χ1n) is 4.66. The van der Waals surface area contributed by atoms with Crippen LogP contribution >= 0.6 is 22.6 Å². The normalized spacial score (nSPS) is 17.5. The van der Waals surface area contributed by atoms with E-state index in [0.29, 0.717) is 11.6 Å². The highest BCUT2D eigenvalue weighted by molar-refractivity contribution is 14.1. The van der Waals surface area contributed by atoms with Gasteiger partial charge >= 0.3 is 5.97 Å². The second kappa shape index (κ2) is 3.88. The van der Waals surface area contributed by atoms with E-state index in [9.17, 15) is 4.79 Å². The molecule has 1 N–H and O–H groups in total. The largest absolute Gasteiger partial charge is 0.478 e. The van der Waals surface area contributed by atoms with Crippen LogP contribution in [0.15, 0.2) is 6.20 Å². The molecule has 0 amide bonds. The lowest BCUT2D eigenvalue weighted by molar-refractivity contribution is 0.0695. The minimum atomic E-state index is -0.890. The topological polar surface area (TPSA) is 55.1 Å². The number of hydrogen-bond donors (Lipinski definition) is 1. The first-order chi connectivity index (χ1) is 6.70. The van der Waals surface area contributed by atoms with Crippen molar-refractivity contribution in [3.63, 3.8) is 0 Å². The Labute approximate surface area is 95.4 Å². The van der Waals surface area contributed by atoms with Crippen LogP contribution in [0.5, 0.6) is 0 Å².